The van der Waals surface area contributed by atoms with Gasteiger partial charge >= 0.3 is 0 Å². The zero-order valence-corrected chi connectivity index (χ0v) is 12.6. The summed E-state index contributed by atoms with van der Waals surface area (Å²) < 4.78 is 1.92. The lowest BCUT2D eigenvalue weighted by Gasteiger charge is -2.35. The molecule has 0 radical (unpaired) electrons. The molecule has 1 amide bonds. The van der Waals surface area contributed by atoms with E-state index in [9.17, 15) is 4.79 Å². The third kappa shape index (κ3) is 2.68. The second-order valence-corrected chi connectivity index (χ2v) is 6.48. The molecule has 0 fully saturated rings. The van der Waals surface area contributed by atoms with Crippen LogP contribution in [0.2, 0.25) is 0 Å². The molecule has 1 aliphatic rings. The molecule has 0 aromatic carbocycles. The zero-order chi connectivity index (χ0) is 15.0. The fourth-order valence-corrected chi connectivity index (χ4v) is 3.05. The van der Waals surface area contributed by atoms with Crippen molar-refractivity contribution in [1.29, 1.82) is 0 Å². The van der Waals surface area contributed by atoms with Gasteiger partial charge in [0.05, 0.1) is 12.2 Å². The molecule has 1 unspecified atom stereocenters. The Hall–Kier alpha value is -2.17. The minimum atomic E-state index is -0.0603. The van der Waals surface area contributed by atoms with E-state index < -0.39 is 0 Å². The smallest absolute Gasteiger partial charge is 0.251 e. The topological polar surface area (TPSA) is 59.8 Å². The lowest BCUT2D eigenvalue weighted by atomic mass is 9.74. The van der Waals surface area contributed by atoms with Crippen LogP contribution in [-0.2, 0) is 13.5 Å². The number of pyridine rings is 1. The summed E-state index contributed by atoms with van der Waals surface area (Å²) in [5, 5.41) is 7.49. The SMILES string of the molecule is Cn1ncc2c1CC(C)(C)CC2NC(=O)c1ccncc1. The van der Waals surface area contributed by atoms with Crippen LogP contribution in [0.15, 0.2) is 30.7 Å². The summed E-state index contributed by atoms with van der Waals surface area (Å²) in [6.45, 7) is 4.46. The van der Waals surface area contributed by atoms with Crippen molar-refractivity contribution < 1.29 is 4.79 Å². The van der Waals surface area contributed by atoms with E-state index in [-0.39, 0.29) is 17.4 Å². The molecule has 2 aromatic heterocycles. The van der Waals surface area contributed by atoms with Crippen LogP contribution in [0.5, 0.6) is 0 Å². The quantitative estimate of drug-likeness (QED) is 0.920. The maximum Gasteiger partial charge on any atom is 0.251 e. The maximum absolute atomic E-state index is 12.4. The Morgan fingerprint density at radius 1 is 1.38 bits per heavy atom. The molecule has 0 spiro atoms. The van der Waals surface area contributed by atoms with Crippen LogP contribution >= 0.6 is 0 Å². The minimum absolute atomic E-state index is 0.0121. The first kappa shape index (κ1) is 13.8. The summed E-state index contributed by atoms with van der Waals surface area (Å²) >= 11 is 0. The fourth-order valence-electron chi connectivity index (χ4n) is 3.05. The van der Waals surface area contributed by atoms with E-state index in [1.165, 1.54) is 5.69 Å². The molecule has 0 aliphatic heterocycles. The second kappa shape index (κ2) is 4.98. The van der Waals surface area contributed by atoms with Crippen molar-refractivity contribution >= 4 is 5.91 Å². The number of aromatic nitrogens is 3. The van der Waals surface area contributed by atoms with Gasteiger partial charge in [-0.3, -0.25) is 14.5 Å². The molecule has 2 aromatic rings. The molecule has 5 heteroatoms. The van der Waals surface area contributed by atoms with E-state index in [2.05, 4.69) is 29.2 Å². The number of aryl methyl sites for hydroxylation is 1. The summed E-state index contributed by atoms with van der Waals surface area (Å²) in [7, 11) is 1.96. The van der Waals surface area contributed by atoms with Crippen molar-refractivity contribution in [2.45, 2.75) is 32.7 Å². The number of rotatable bonds is 2. The van der Waals surface area contributed by atoms with Crippen LogP contribution in [0, 0.1) is 5.41 Å². The highest BCUT2D eigenvalue weighted by Gasteiger charge is 2.35. The molecule has 1 N–H and O–H groups in total. The van der Waals surface area contributed by atoms with E-state index >= 15 is 0 Å². The summed E-state index contributed by atoms with van der Waals surface area (Å²) in [4.78, 5) is 16.3. The van der Waals surface area contributed by atoms with Crippen molar-refractivity contribution in [2.24, 2.45) is 12.5 Å². The van der Waals surface area contributed by atoms with E-state index in [4.69, 9.17) is 0 Å². The molecule has 0 saturated carbocycles. The van der Waals surface area contributed by atoms with Gasteiger partial charge in [0.25, 0.3) is 5.91 Å². The standard InChI is InChI=1S/C16H20N4O/c1-16(2)8-13(12-10-18-20(3)14(12)9-16)19-15(21)11-4-6-17-7-5-11/h4-7,10,13H,8-9H2,1-3H3,(H,19,21). The Bertz CT molecular complexity index is 660. The number of nitrogens with one attached hydrogen (secondary N) is 1. The highest BCUT2D eigenvalue weighted by Crippen LogP contribution is 2.40. The Labute approximate surface area is 124 Å². The number of hydrogen-bond acceptors (Lipinski definition) is 3. The third-order valence-electron chi connectivity index (χ3n) is 4.12. The number of hydrogen-bond donors (Lipinski definition) is 1. The van der Waals surface area contributed by atoms with E-state index in [0.29, 0.717) is 5.56 Å². The van der Waals surface area contributed by atoms with Crippen molar-refractivity contribution in [2.75, 3.05) is 0 Å². The Morgan fingerprint density at radius 3 is 2.81 bits per heavy atom. The predicted molar refractivity (Wildman–Crippen MR) is 79.8 cm³/mol. The Kier molecular flexibility index (Phi) is 3.27. The van der Waals surface area contributed by atoms with E-state index in [1.54, 1.807) is 24.5 Å². The molecular formula is C16H20N4O. The average molecular weight is 284 g/mol. The molecule has 0 bridgehead atoms. The number of carbonyl (C=O) groups excluding carboxylic acids is 1. The van der Waals surface area contributed by atoms with Gasteiger partial charge in [-0.1, -0.05) is 13.8 Å². The molecule has 1 aliphatic carbocycles. The first-order valence-corrected chi connectivity index (χ1v) is 7.18. The molecule has 2 heterocycles. The maximum atomic E-state index is 12.4. The van der Waals surface area contributed by atoms with Gasteiger partial charge in [0, 0.05) is 36.3 Å². The highest BCUT2D eigenvalue weighted by atomic mass is 16.1. The van der Waals surface area contributed by atoms with Gasteiger partial charge in [-0.05, 0) is 30.4 Å². The normalized spacial score (nSPS) is 19.9. The molecular weight excluding hydrogens is 264 g/mol. The first-order valence-electron chi connectivity index (χ1n) is 7.18. The lowest BCUT2D eigenvalue weighted by molar-refractivity contribution is 0.0919. The van der Waals surface area contributed by atoms with Gasteiger partial charge in [-0.2, -0.15) is 5.10 Å². The van der Waals surface area contributed by atoms with Crippen LogP contribution < -0.4 is 5.32 Å². The van der Waals surface area contributed by atoms with Gasteiger partial charge in [0.15, 0.2) is 0 Å². The number of fused-ring (bicyclic) bond motifs is 1. The number of nitrogens with zero attached hydrogens (tertiary/aromatic N) is 3. The van der Waals surface area contributed by atoms with Crippen molar-refractivity contribution in [1.82, 2.24) is 20.1 Å². The van der Waals surface area contributed by atoms with Crippen molar-refractivity contribution in [3.8, 4) is 0 Å². The van der Waals surface area contributed by atoms with Crippen molar-refractivity contribution in [3.05, 3.63) is 47.5 Å². The molecule has 110 valence electrons. The largest absolute Gasteiger partial charge is 0.345 e. The van der Waals surface area contributed by atoms with Crippen LogP contribution in [0.4, 0.5) is 0 Å². The van der Waals surface area contributed by atoms with E-state index in [1.807, 2.05) is 17.9 Å². The molecule has 5 nitrogen and oxygen atoms in total. The molecule has 0 saturated heterocycles. The fraction of sp³-hybridized carbons (Fsp3) is 0.438. The molecule has 1 atom stereocenters. The summed E-state index contributed by atoms with van der Waals surface area (Å²) in [6, 6.07) is 3.47. The summed E-state index contributed by atoms with van der Waals surface area (Å²) in [6.07, 6.45) is 7.05. The number of carbonyl (C=O) groups is 1. The molecule has 21 heavy (non-hydrogen) atoms. The van der Waals surface area contributed by atoms with Crippen LogP contribution in [0.3, 0.4) is 0 Å². The van der Waals surface area contributed by atoms with Crippen molar-refractivity contribution in [3.63, 3.8) is 0 Å². The Morgan fingerprint density at radius 2 is 2.10 bits per heavy atom. The minimum Gasteiger partial charge on any atom is -0.345 e. The predicted octanol–water partition coefficient (Wildman–Crippen LogP) is 2.26. The summed E-state index contributed by atoms with van der Waals surface area (Å²) in [5.41, 5.74) is 3.14. The van der Waals surface area contributed by atoms with Gasteiger partial charge in [-0.15, -0.1) is 0 Å². The first-order chi connectivity index (χ1) is 9.96. The highest BCUT2D eigenvalue weighted by molar-refractivity contribution is 5.94. The van der Waals surface area contributed by atoms with E-state index in [0.717, 1.165) is 18.4 Å². The van der Waals surface area contributed by atoms with Gasteiger partial charge < -0.3 is 5.32 Å². The molecule has 3 rings (SSSR count). The monoisotopic (exact) mass is 284 g/mol. The van der Waals surface area contributed by atoms with Gasteiger partial charge in [0.1, 0.15) is 0 Å². The summed E-state index contributed by atoms with van der Waals surface area (Å²) in [5.74, 6) is -0.0603. The average Bonchev–Trinajstić information content (AvgIpc) is 2.80. The van der Waals surface area contributed by atoms with Gasteiger partial charge in [0.2, 0.25) is 0 Å². The zero-order valence-electron chi connectivity index (χ0n) is 12.6. The third-order valence-corrected chi connectivity index (χ3v) is 4.12. The number of amides is 1. The van der Waals surface area contributed by atoms with Crippen LogP contribution in [0.25, 0.3) is 0 Å². The van der Waals surface area contributed by atoms with Crippen LogP contribution in [0.1, 0.15) is 47.9 Å². The van der Waals surface area contributed by atoms with Gasteiger partial charge in [-0.25, -0.2) is 0 Å². The van der Waals surface area contributed by atoms with Crippen LogP contribution in [-0.4, -0.2) is 20.7 Å². The Balaban J connectivity index is 1.87. The second-order valence-electron chi connectivity index (χ2n) is 6.48. The lowest BCUT2D eigenvalue weighted by Crippen LogP contribution is -2.36.